The molecule has 1 aliphatic heterocycles. The number of nitrogens with zero attached hydrogens (tertiary/aromatic N) is 1. The average molecular weight is 317 g/mol. The number of carbonyl (C=O) groups excluding carboxylic acids is 1. The Morgan fingerprint density at radius 2 is 2.20 bits per heavy atom. The van der Waals surface area contributed by atoms with Crippen molar-refractivity contribution in [3.05, 3.63) is 16.3 Å². The Bertz CT molecular complexity index is 583. The lowest BCUT2D eigenvalue weighted by molar-refractivity contribution is 0.236. The lowest BCUT2D eigenvalue weighted by Crippen LogP contribution is -2.50. The van der Waals surface area contributed by atoms with E-state index < -0.39 is 10.0 Å². The summed E-state index contributed by atoms with van der Waals surface area (Å²) in [5, 5.41) is 9.45. The number of nitrogens with one attached hydrogen (secondary N) is 2. The Hall–Kier alpha value is -1.12. The maximum absolute atomic E-state index is 11.9. The van der Waals surface area contributed by atoms with E-state index in [2.05, 4.69) is 10.6 Å². The highest BCUT2D eigenvalue weighted by Gasteiger charge is 2.26. The molecule has 1 fully saturated rings. The topological polar surface area (TPSA) is 78.5 Å². The molecule has 0 spiro atoms. The van der Waals surface area contributed by atoms with E-state index in [1.165, 1.54) is 21.9 Å². The van der Waals surface area contributed by atoms with Gasteiger partial charge in [-0.2, -0.15) is 0 Å². The monoisotopic (exact) mass is 317 g/mol. The number of urea groups is 1. The summed E-state index contributed by atoms with van der Waals surface area (Å²) in [5.41, 5.74) is 1.81. The minimum atomic E-state index is -3.19. The number of aryl methyl sites for hydroxylation is 1. The molecule has 1 atom stereocenters. The number of thiophene rings is 1. The van der Waals surface area contributed by atoms with Crippen molar-refractivity contribution in [1.82, 2.24) is 9.62 Å². The fraction of sp³-hybridized carbons (Fsp3) is 0.583. The van der Waals surface area contributed by atoms with Gasteiger partial charge in [-0.15, -0.1) is 11.3 Å². The zero-order valence-electron chi connectivity index (χ0n) is 11.5. The summed E-state index contributed by atoms with van der Waals surface area (Å²) in [6.45, 7) is 2.80. The van der Waals surface area contributed by atoms with Gasteiger partial charge in [0, 0.05) is 24.5 Å². The summed E-state index contributed by atoms with van der Waals surface area (Å²) < 4.78 is 24.4. The number of carbonyl (C=O) groups is 1. The SMILES string of the molecule is Cc1cscc1NC(=O)NC1CCCN(S(C)(=O)=O)C1. The maximum Gasteiger partial charge on any atom is 0.319 e. The first-order valence-electron chi connectivity index (χ1n) is 6.41. The second-order valence-corrected chi connectivity index (χ2v) is 7.75. The molecule has 2 amide bonds. The zero-order valence-corrected chi connectivity index (χ0v) is 13.2. The number of anilines is 1. The van der Waals surface area contributed by atoms with E-state index in [0.717, 1.165) is 24.1 Å². The van der Waals surface area contributed by atoms with Gasteiger partial charge in [-0.25, -0.2) is 17.5 Å². The van der Waals surface area contributed by atoms with Crippen molar-refractivity contribution < 1.29 is 13.2 Å². The quantitative estimate of drug-likeness (QED) is 0.889. The highest BCUT2D eigenvalue weighted by atomic mass is 32.2. The van der Waals surface area contributed by atoms with E-state index in [4.69, 9.17) is 0 Å². The first-order valence-corrected chi connectivity index (χ1v) is 9.21. The molecular weight excluding hydrogens is 298 g/mol. The Balaban J connectivity index is 1.90. The van der Waals surface area contributed by atoms with Gasteiger partial charge < -0.3 is 10.6 Å². The normalized spacial score (nSPS) is 20.6. The maximum atomic E-state index is 11.9. The smallest absolute Gasteiger partial charge is 0.319 e. The second-order valence-electron chi connectivity index (χ2n) is 5.03. The fourth-order valence-corrected chi connectivity index (χ4v) is 3.89. The Kier molecular flexibility index (Phi) is 4.66. The molecule has 6 nitrogen and oxygen atoms in total. The molecule has 1 aliphatic rings. The Labute approximate surface area is 123 Å². The number of amides is 2. The van der Waals surface area contributed by atoms with E-state index in [0.29, 0.717) is 13.1 Å². The zero-order chi connectivity index (χ0) is 14.8. The van der Waals surface area contributed by atoms with Crippen LogP contribution < -0.4 is 10.6 Å². The van der Waals surface area contributed by atoms with Gasteiger partial charge in [-0.05, 0) is 30.7 Å². The summed E-state index contributed by atoms with van der Waals surface area (Å²) in [6, 6.07) is -0.427. The number of hydrogen-bond donors (Lipinski definition) is 2. The molecule has 8 heteroatoms. The van der Waals surface area contributed by atoms with E-state index in [9.17, 15) is 13.2 Å². The van der Waals surface area contributed by atoms with E-state index in [1.54, 1.807) is 0 Å². The van der Waals surface area contributed by atoms with Crippen molar-refractivity contribution in [3.8, 4) is 0 Å². The van der Waals surface area contributed by atoms with Crippen molar-refractivity contribution in [2.75, 3.05) is 24.7 Å². The summed E-state index contributed by atoms with van der Waals surface area (Å²) >= 11 is 1.53. The van der Waals surface area contributed by atoms with E-state index in [-0.39, 0.29) is 12.1 Å². The van der Waals surface area contributed by atoms with Gasteiger partial charge in [0.1, 0.15) is 0 Å². The van der Waals surface area contributed by atoms with Crippen LogP contribution in [0.3, 0.4) is 0 Å². The molecule has 0 aliphatic carbocycles. The predicted molar refractivity (Wildman–Crippen MR) is 80.6 cm³/mol. The minimum Gasteiger partial charge on any atom is -0.334 e. The third-order valence-corrected chi connectivity index (χ3v) is 5.42. The van der Waals surface area contributed by atoms with Gasteiger partial charge in [0.05, 0.1) is 11.9 Å². The van der Waals surface area contributed by atoms with Gasteiger partial charge in [-0.3, -0.25) is 0 Å². The van der Waals surface area contributed by atoms with Gasteiger partial charge in [0.2, 0.25) is 10.0 Å². The van der Waals surface area contributed by atoms with Crippen LogP contribution in [0, 0.1) is 6.92 Å². The molecule has 2 N–H and O–H groups in total. The Morgan fingerprint density at radius 3 is 2.80 bits per heavy atom. The average Bonchev–Trinajstić information content (AvgIpc) is 2.74. The first kappa shape index (κ1) is 15.3. The third kappa shape index (κ3) is 3.94. The highest BCUT2D eigenvalue weighted by Crippen LogP contribution is 2.19. The molecule has 1 unspecified atom stereocenters. The van der Waals surface area contributed by atoms with Crippen molar-refractivity contribution >= 4 is 33.1 Å². The lowest BCUT2D eigenvalue weighted by atomic mass is 10.1. The minimum absolute atomic E-state index is 0.141. The van der Waals surface area contributed by atoms with E-state index in [1.807, 2.05) is 17.7 Å². The molecule has 1 aromatic rings. The highest BCUT2D eigenvalue weighted by molar-refractivity contribution is 7.88. The standard InChI is InChI=1S/C12H19N3O3S2/c1-9-7-19-8-11(9)14-12(16)13-10-4-3-5-15(6-10)20(2,17)18/h7-8,10H,3-6H2,1-2H3,(H2,13,14,16). The summed E-state index contributed by atoms with van der Waals surface area (Å²) in [4.78, 5) is 11.9. The molecule has 112 valence electrons. The summed E-state index contributed by atoms with van der Waals surface area (Å²) in [5.74, 6) is 0. The van der Waals surface area contributed by atoms with E-state index >= 15 is 0 Å². The number of hydrogen-bond acceptors (Lipinski definition) is 4. The molecule has 0 bridgehead atoms. The lowest BCUT2D eigenvalue weighted by Gasteiger charge is -2.31. The van der Waals surface area contributed by atoms with Crippen molar-refractivity contribution in [3.63, 3.8) is 0 Å². The molecule has 2 rings (SSSR count). The van der Waals surface area contributed by atoms with Crippen LogP contribution >= 0.6 is 11.3 Å². The second kappa shape index (κ2) is 6.11. The van der Waals surface area contributed by atoms with Crippen LogP contribution in [0.15, 0.2) is 10.8 Å². The fourth-order valence-electron chi connectivity index (χ4n) is 2.19. The van der Waals surface area contributed by atoms with Crippen LogP contribution in [0.5, 0.6) is 0 Å². The predicted octanol–water partition coefficient (Wildman–Crippen LogP) is 1.60. The molecule has 20 heavy (non-hydrogen) atoms. The molecular formula is C12H19N3O3S2. The number of piperidine rings is 1. The van der Waals surface area contributed by atoms with Crippen LogP contribution in [0.25, 0.3) is 0 Å². The molecule has 0 radical (unpaired) electrons. The van der Waals surface area contributed by atoms with Crippen LogP contribution in [0.1, 0.15) is 18.4 Å². The van der Waals surface area contributed by atoms with Gasteiger partial charge in [0.25, 0.3) is 0 Å². The van der Waals surface area contributed by atoms with Crippen LogP contribution in [0.4, 0.5) is 10.5 Å². The largest absolute Gasteiger partial charge is 0.334 e. The van der Waals surface area contributed by atoms with Crippen molar-refractivity contribution in [2.45, 2.75) is 25.8 Å². The molecule has 1 saturated heterocycles. The summed E-state index contributed by atoms with van der Waals surface area (Å²) in [7, 11) is -3.19. The molecule has 1 aromatic heterocycles. The third-order valence-electron chi connectivity index (χ3n) is 3.29. The van der Waals surface area contributed by atoms with Crippen LogP contribution in [-0.4, -0.2) is 44.1 Å². The summed E-state index contributed by atoms with van der Waals surface area (Å²) in [6.07, 6.45) is 2.75. The number of rotatable bonds is 3. The molecule has 0 saturated carbocycles. The van der Waals surface area contributed by atoms with Gasteiger partial charge >= 0.3 is 6.03 Å². The van der Waals surface area contributed by atoms with Crippen molar-refractivity contribution in [2.24, 2.45) is 0 Å². The van der Waals surface area contributed by atoms with Crippen LogP contribution in [0.2, 0.25) is 0 Å². The van der Waals surface area contributed by atoms with Crippen molar-refractivity contribution in [1.29, 1.82) is 0 Å². The Morgan fingerprint density at radius 1 is 1.45 bits per heavy atom. The number of sulfonamides is 1. The van der Waals surface area contributed by atoms with Gasteiger partial charge in [0.15, 0.2) is 0 Å². The van der Waals surface area contributed by atoms with Crippen LogP contribution in [-0.2, 0) is 10.0 Å². The van der Waals surface area contributed by atoms with Gasteiger partial charge in [-0.1, -0.05) is 0 Å². The molecule has 2 heterocycles. The first-order chi connectivity index (χ1) is 9.36. The molecule has 0 aromatic carbocycles.